The van der Waals surface area contributed by atoms with Crippen molar-refractivity contribution in [1.82, 2.24) is 16.0 Å². The van der Waals surface area contributed by atoms with Crippen molar-refractivity contribution in [3.05, 3.63) is 0 Å². The molecule has 1 fully saturated rings. The van der Waals surface area contributed by atoms with Gasteiger partial charge >= 0.3 is 0 Å². The molecule has 0 saturated carbocycles. The zero-order valence-electron chi connectivity index (χ0n) is 9.10. The maximum Gasteiger partial charge on any atom is 0.236 e. The lowest BCUT2D eigenvalue weighted by atomic mass is 9.99. The monoisotopic (exact) mass is 199 g/mol. The molecule has 0 aliphatic carbocycles. The fourth-order valence-electron chi connectivity index (χ4n) is 1.75. The topological polar surface area (TPSA) is 53.2 Å². The lowest BCUT2D eigenvalue weighted by molar-refractivity contribution is -0.122. The van der Waals surface area contributed by atoms with E-state index in [1.54, 1.807) is 7.05 Å². The molecule has 0 aromatic heterocycles. The lowest BCUT2D eigenvalue weighted by Crippen LogP contribution is -2.44. The van der Waals surface area contributed by atoms with E-state index in [2.05, 4.69) is 16.0 Å². The van der Waals surface area contributed by atoms with Gasteiger partial charge in [-0.05, 0) is 45.3 Å². The van der Waals surface area contributed by atoms with Crippen LogP contribution in [0.3, 0.4) is 0 Å². The van der Waals surface area contributed by atoms with Crippen LogP contribution in [0.25, 0.3) is 0 Å². The maximum absolute atomic E-state index is 11.2. The molecule has 1 heterocycles. The zero-order valence-corrected chi connectivity index (χ0v) is 9.10. The van der Waals surface area contributed by atoms with Crippen LogP contribution in [-0.2, 0) is 4.79 Å². The summed E-state index contributed by atoms with van der Waals surface area (Å²) in [5, 5.41) is 9.25. The Bertz CT molecular complexity index is 178. The van der Waals surface area contributed by atoms with Crippen LogP contribution in [0.15, 0.2) is 0 Å². The van der Waals surface area contributed by atoms with E-state index in [1.807, 2.05) is 6.92 Å². The number of likely N-dealkylation sites (N-methyl/N-ethyl adjacent to an activating group) is 1. The van der Waals surface area contributed by atoms with Gasteiger partial charge in [0.25, 0.3) is 0 Å². The normalized spacial score (nSPS) is 24.3. The molecule has 3 N–H and O–H groups in total. The van der Waals surface area contributed by atoms with E-state index in [9.17, 15) is 4.79 Å². The van der Waals surface area contributed by atoms with Gasteiger partial charge in [0.15, 0.2) is 0 Å². The average molecular weight is 199 g/mol. The summed E-state index contributed by atoms with van der Waals surface area (Å²) < 4.78 is 0. The van der Waals surface area contributed by atoms with Crippen molar-refractivity contribution in [2.75, 3.05) is 26.7 Å². The van der Waals surface area contributed by atoms with E-state index in [1.165, 1.54) is 12.8 Å². The SMILES string of the molecule is CNC(=O)C(C)NCC1CCCNC1. The molecule has 1 rings (SSSR count). The number of hydrogen-bond acceptors (Lipinski definition) is 3. The average Bonchev–Trinajstić information content (AvgIpc) is 2.26. The number of carbonyl (C=O) groups excluding carboxylic acids is 1. The van der Waals surface area contributed by atoms with E-state index in [0.29, 0.717) is 5.92 Å². The highest BCUT2D eigenvalue weighted by Gasteiger charge is 2.15. The number of nitrogens with one attached hydrogen (secondary N) is 3. The van der Waals surface area contributed by atoms with Gasteiger partial charge in [-0.1, -0.05) is 0 Å². The van der Waals surface area contributed by atoms with Crippen molar-refractivity contribution < 1.29 is 4.79 Å². The standard InChI is InChI=1S/C10H21N3O/c1-8(10(14)11-2)13-7-9-4-3-5-12-6-9/h8-9,12-13H,3-7H2,1-2H3,(H,11,14). The van der Waals surface area contributed by atoms with Gasteiger partial charge in [0.05, 0.1) is 6.04 Å². The third kappa shape index (κ3) is 3.64. The molecule has 4 nitrogen and oxygen atoms in total. The van der Waals surface area contributed by atoms with E-state index in [4.69, 9.17) is 0 Å². The summed E-state index contributed by atoms with van der Waals surface area (Å²) in [5.74, 6) is 0.740. The molecule has 0 aromatic rings. The fourth-order valence-corrected chi connectivity index (χ4v) is 1.75. The number of hydrogen-bond donors (Lipinski definition) is 3. The highest BCUT2D eigenvalue weighted by molar-refractivity contribution is 5.80. The van der Waals surface area contributed by atoms with Gasteiger partial charge in [-0.15, -0.1) is 0 Å². The molecule has 0 bridgehead atoms. The number of amides is 1. The highest BCUT2D eigenvalue weighted by Crippen LogP contribution is 2.08. The lowest BCUT2D eigenvalue weighted by Gasteiger charge is -2.24. The summed E-state index contributed by atoms with van der Waals surface area (Å²) in [6.07, 6.45) is 2.52. The second-order valence-corrected chi connectivity index (χ2v) is 3.96. The Kier molecular flexibility index (Phi) is 4.90. The van der Waals surface area contributed by atoms with Gasteiger partial charge in [0.2, 0.25) is 5.91 Å². The summed E-state index contributed by atoms with van der Waals surface area (Å²) >= 11 is 0. The predicted molar refractivity (Wildman–Crippen MR) is 57.1 cm³/mol. The minimum atomic E-state index is -0.0815. The van der Waals surface area contributed by atoms with Gasteiger partial charge < -0.3 is 16.0 Å². The van der Waals surface area contributed by atoms with Gasteiger partial charge in [-0.2, -0.15) is 0 Å². The fraction of sp³-hybridized carbons (Fsp3) is 0.900. The summed E-state index contributed by atoms with van der Waals surface area (Å²) in [5.41, 5.74) is 0. The molecule has 0 radical (unpaired) electrons. The minimum Gasteiger partial charge on any atom is -0.358 e. The first-order valence-electron chi connectivity index (χ1n) is 5.39. The van der Waals surface area contributed by atoms with Crippen molar-refractivity contribution in [1.29, 1.82) is 0 Å². The smallest absolute Gasteiger partial charge is 0.236 e. The first-order chi connectivity index (χ1) is 6.74. The Morgan fingerprint density at radius 3 is 3.00 bits per heavy atom. The largest absolute Gasteiger partial charge is 0.358 e. The van der Waals surface area contributed by atoms with Crippen molar-refractivity contribution in [3.63, 3.8) is 0 Å². The highest BCUT2D eigenvalue weighted by atomic mass is 16.2. The molecular formula is C10H21N3O. The third-order valence-corrected chi connectivity index (χ3v) is 2.75. The van der Waals surface area contributed by atoms with E-state index < -0.39 is 0 Å². The van der Waals surface area contributed by atoms with Crippen LogP contribution in [0.2, 0.25) is 0 Å². The molecule has 2 unspecified atom stereocenters. The first kappa shape index (κ1) is 11.5. The molecular weight excluding hydrogens is 178 g/mol. The zero-order chi connectivity index (χ0) is 10.4. The van der Waals surface area contributed by atoms with Crippen LogP contribution >= 0.6 is 0 Å². The van der Waals surface area contributed by atoms with E-state index in [0.717, 1.165) is 19.6 Å². The Labute approximate surface area is 85.8 Å². The second-order valence-electron chi connectivity index (χ2n) is 3.96. The molecule has 1 aliphatic heterocycles. The third-order valence-electron chi connectivity index (χ3n) is 2.75. The van der Waals surface area contributed by atoms with Crippen LogP contribution in [-0.4, -0.2) is 38.6 Å². The molecule has 1 amide bonds. The summed E-state index contributed by atoms with van der Waals surface area (Å²) in [4.78, 5) is 11.2. The molecule has 4 heteroatoms. The van der Waals surface area contributed by atoms with E-state index in [-0.39, 0.29) is 11.9 Å². The Balaban J connectivity index is 2.15. The van der Waals surface area contributed by atoms with Crippen LogP contribution < -0.4 is 16.0 Å². The van der Waals surface area contributed by atoms with Gasteiger partial charge in [-0.25, -0.2) is 0 Å². The Morgan fingerprint density at radius 1 is 1.64 bits per heavy atom. The quantitative estimate of drug-likeness (QED) is 0.583. The maximum atomic E-state index is 11.2. The molecule has 2 atom stereocenters. The van der Waals surface area contributed by atoms with Crippen LogP contribution in [0.1, 0.15) is 19.8 Å². The predicted octanol–water partition coefficient (Wildman–Crippen LogP) is -0.290. The van der Waals surface area contributed by atoms with Gasteiger partial charge in [0, 0.05) is 7.05 Å². The van der Waals surface area contributed by atoms with Gasteiger partial charge in [0.1, 0.15) is 0 Å². The van der Waals surface area contributed by atoms with Crippen LogP contribution in [0.4, 0.5) is 0 Å². The summed E-state index contributed by atoms with van der Waals surface area (Å²) in [6, 6.07) is -0.0815. The molecule has 1 aliphatic rings. The van der Waals surface area contributed by atoms with Crippen LogP contribution in [0.5, 0.6) is 0 Å². The second kappa shape index (κ2) is 5.98. The summed E-state index contributed by atoms with van der Waals surface area (Å²) in [7, 11) is 1.67. The van der Waals surface area contributed by atoms with Crippen molar-refractivity contribution in [3.8, 4) is 0 Å². The molecule has 82 valence electrons. The molecule has 0 spiro atoms. The Morgan fingerprint density at radius 2 is 2.43 bits per heavy atom. The number of carbonyl (C=O) groups is 1. The molecule has 1 saturated heterocycles. The van der Waals surface area contributed by atoms with E-state index >= 15 is 0 Å². The first-order valence-corrected chi connectivity index (χ1v) is 5.39. The molecule has 0 aromatic carbocycles. The van der Waals surface area contributed by atoms with Crippen LogP contribution in [0, 0.1) is 5.92 Å². The Hall–Kier alpha value is -0.610. The van der Waals surface area contributed by atoms with Crippen molar-refractivity contribution in [2.24, 2.45) is 5.92 Å². The van der Waals surface area contributed by atoms with Crippen molar-refractivity contribution >= 4 is 5.91 Å². The summed E-state index contributed by atoms with van der Waals surface area (Å²) in [6.45, 7) is 5.05. The molecule has 14 heavy (non-hydrogen) atoms. The number of piperidine rings is 1. The minimum absolute atomic E-state index is 0.0637. The van der Waals surface area contributed by atoms with Gasteiger partial charge in [-0.3, -0.25) is 4.79 Å². The number of rotatable bonds is 4. The van der Waals surface area contributed by atoms with Crippen molar-refractivity contribution in [2.45, 2.75) is 25.8 Å².